The number of aryl methyl sites for hydroxylation is 1. The fourth-order valence-corrected chi connectivity index (χ4v) is 2.85. The van der Waals surface area contributed by atoms with Gasteiger partial charge in [-0.1, -0.05) is 12.1 Å². The van der Waals surface area contributed by atoms with Gasteiger partial charge in [0.15, 0.2) is 0 Å². The molecule has 2 N–H and O–H groups in total. The molecule has 1 aromatic carbocycles. The Morgan fingerprint density at radius 1 is 1.16 bits per heavy atom. The molecule has 1 saturated heterocycles. The number of rotatable bonds is 5. The highest BCUT2D eigenvalue weighted by Gasteiger charge is 2.19. The highest BCUT2D eigenvalue weighted by Crippen LogP contribution is 2.15. The SMILES string of the molecule is CN(C)C1CCN(CCCc2ccc(N)cc2)CC1. The number of benzene rings is 1. The average molecular weight is 261 g/mol. The van der Waals surface area contributed by atoms with E-state index in [0.717, 1.165) is 18.2 Å². The van der Waals surface area contributed by atoms with E-state index < -0.39 is 0 Å². The number of anilines is 1. The molecule has 3 heteroatoms. The van der Waals surface area contributed by atoms with Gasteiger partial charge < -0.3 is 15.5 Å². The first-order valence-electron chi connectivity index (χ1n) is 7.38. The molecular formula is C16H27N3. The zero-order valence-electron chi connectivity index (χ0n) is 12.3. The molecule has 0 radical (unpaired) electrons. The molecule has 0 atom stereocenters. The molecule has 0 aromatic heterocycles. The van der Waals surface area contributed by atoms with Crippen LogP contribution in [0.4, 0.5) is 5.69 Å². The van der Waals surface area contributed by atoms with Gasteiger partial charge in [0, 0.05) is 11.7 Å². The van der Waals surface area contributed by atoms with Crippen molar-refractivity contribution >= 4 is 5.69 Å². The molecule has 2 rings (SSSR count). The topological polar surface area (TPSA) is 32.5 Å². The van der Waals surface area contributed by atoms with Gasteiger partial charge in [-0.15, -0.1) is 0 Å². The molecule has 1 aliphatic rings. The van der Waals surface area contributed by atoms with E-state index in [-0.39, 0.29) is 0 Å². The largest absolute Gasteiger partial charge is 0.399 e. The fraction of sp³-hybridized carbons (Fsp3) is 0.625. The number of hydrogen-bond donors (Lipinski definition) is 1. The van der Waals surface area contributed by atoms with Gasteiger partial charge in [0.25, 0.3) is 0 Å². The number of hydrogen-bond acceptors (Lipinski definition) is 3. The van der Waals surface area contributed by atoms with Gasteiger partial charge in [0.05, 0.1) is 0 Å². The van der Waals surface area contributed by atoms with Crippen molar-refractivity contribution in [3.05, 3.63) is 29.8 Å². The van der Waals surface area contributed by atoms with E-state index >= 15 is 0 Å². The highest BCUT2D eigenvalue weighted by atomic mass is 15.2. The maximum absolute atomic E-state index is 5.70. The van der Waals surface area contributed by atoms with E-state index in [1.807, 2.05) is 12.1 Å². The molecule has 0 spiro atoms. The summed E-state index contributed by atoms with van der Waals surface area (Å²) in [6, 6.07) is 9.07. The number of piperidine rings is 1. The molecule has 0 bridgehead atoms. The Bertz CT molecular complexity index is 364. The zero-order valence-corrected chi connectivity index (χ0v) is 12.3. The summed E-state index contributed by atoms with van der Waals surface area (Å²) in [5.41, 5.74) is 7.95. The second-order valence-electron chi connectivity index (χ2n) is 5.88. The lowest BCUT2D eigenvalue weighted by molar-refractivity contribution is 0.144. The summed E-state index contributed by atoms with van der Waals surface area (Å²) in [6.45, 7) is 3.74. The first kappa shape index (κ1) is 14.4. The standard InChI is InChI=1S/C16H27N3/c1-18(2)16-9-12-19(13-10-16)11-3-4-14-5-7-15(17)8-6-14/h5-8,16H,3-4,9-13,17H2,1-2H3. The number of likely N-dealkylation sites (tertiary alicyclic amines) is 1. The first-order valence-corrected chi connectivity index (χ1v) is 7.38. The summed E-state index contributed by atoms with van der Waals surface area (Å²) in [4.78, 5) is 4.98. The summed E-state index contributed by atoms with van der Waals surface area (Å²) in [5, 5.41) is 0. The second-order valence-corrected chi connectivity index (χ2v) is 5.88. The van der Waals surface area contributed by atoms with Crippen LogP contribution >= 0.6 is 0 Å². The lowest BCUT2D eigenvalue weighted by atomic mass is 10.0. The van der Waals surface area contributed by atoms with Crippen LogP contribution in [0.15, 0.2) is 24.3 Å². The van der Waals surface area contributed by atoms with Crippen molar-refractivity contribution in [2.75, 3.05) is 39.5 Å². The molecule has 0 saturated carbocycles. The Balaban J connectivity index is 1.65. The van der Waals surface area contributed by atoms with Gasteiger partial charge in [0.1, 0.15) is 0 Å². The molecule has 1 heterocycles. The average Bonchev–Trinajstić information content (AvgIpc) is 2.41. The van der Waals surface area contributed by atoms with Crippen molar-refractivity contribution < 1.29 is 0 Å². The minimum atomic E-state index is 0.786. The summed E-state index contributed by atoms with van der Waals surface area (Å²) < 4.78 is 0. The molecule has 0 amide bonds. The van der Waals surface area contributed by atoms with Crippen molar-refractivity contribution in [1.29, 1.82) is 0 Å². The predicted molar refractivity (Wildman–Crippen MR) is 82.3 cm³/mol. The maximum Gasteiger partial charge on any atom is 0.0314 e. The molecule has 1 fully saturated rings. The Morgan fingerprint density at radius 3 is 2.37 bits per heavy atom. The molecule has 19 heavy (non-hydrogen) atoms. The smallest absolute Gasteiger partial charge is 0.0314 e. The fourth-order valence-electron chi connectivity index (χ4n) is 2.85. The predicted octanol–water partition coefficient (Wildman–Crippen LogP) is 2.23. The minimum absolute atomic E-state index is 0.786. The van der Waals surface area contributed by atoms with Crippen molar-refractivity contribution in [3.8, 4) is 0 Å². The Labute approximate surface area is 117 Å². The van der Waals surface area contributed by atoms with Gasteiger partial charge >= 0.3 is 0 Å². The van der Waals surface area contributed by atoms with Crippen LogP contribution in [0.5, 0.6) is 0 Å². The highest BCUT2D eigenvalue weighted by molar-refractivity contribution is 5.39. The van der Waals surface area contributed by atoms with Crippen LogP contribution in [0.2, 0.25) is 0 Å². The summed E-state index contributed by atoms with van der Waals surface area (Å²) in [6.07, 6.45) is 5.04. The van der Waals surface area contributed by atoms with Crippen molar-refractivity contribution in [2.45, 2.75) is 31.7 Å². The molecule has 3 nitrogen and oxygen atoms in total. The summed E-state index contributed by atoms with van der Waals surface area (Å²) in [7, 11) is 4.39. The first-order chi connectivity index (χ1) is 9.15. The van der Waals surface area contributed by atoms with Crippen LogP contribution in [0, 0.1) is 0 Å². The van der Waals surface area contributed by atoms with E-state index in [1.165, 1.54) is 44.5 Å². The van der Waals surface area contributed by atoms with Gasteiger partial charge in [-0.05, 0) is 77.1 Å². The van der Waals surface area contributed by atoms with Gasteiger partial charge in [-0.2, -0.15) is 0 Å². The third-order valence-corrected chi connectivity index (χ3v) is 4.21. The van der Waals surface area contributed by atoms with Crippen LogP contribution in [0.3, 0.4) is 0 Å². The Hall–Kier alpha value is -1.06. The zero-order chi connectivity index (χ0) is 13.7. The van der Waals surface area contributed by atoms with E-state index in [2.05, 4.69) is 36.0 Å². The lowest BCUT2D eigenvalue weighted by Gasteiger charge is -2.35. The summed E-state index contributed by atoms with van der Waals surface area (Å²) in [5.74, 6) is 0. The van der Waals surface area contributed by atoms with Crippen LogP contribution in [-0.2, 0) is 6.42 Å². The molecule has 0 unspecified atom stereocenters. The van der Waals surface area contributed by atoms with Gasteiger partial charge in [-0.3, -0.25) is 0 Å². The van der Waals surface area contributed by atoms with E-state index in [4.69, 9.17) is 5.73 Å². The monoisotopic (exact) mass is 261 g/mol. The van der Waals surface area contributed by atoms with Gasteiger partial charge in [-0.25, -0.2) is 0 Å². The van der Waals surface area contributed by atoms with Gasteiger partial charge in [0.2, 0.25) is 0 Å². The molecule has 106 valence electrons. The third kappa shape index (κ3) is 4.51. The molecule has 1 aromatic rings. The second kappa shape index (κ2) is 6.92. The van der Waals surface area contributed by atoms with Crippen molar-refractivity contribution in [1.82, 2.24) is 9.80 Å². The normalized spacial score (nSPS) is 18.1. The quantitative estimate of drug-likeness (QED) is 0.825. The Kier molecular flexibility index (Phi) is 5.23. The number of nitrogens with two attached hydrogens (primary N) is 1. The van der Waals surface area contributed by atoms with E-state index in [9.17, 15) is 0 Å². The van der Waals surface area contributed by atoms with E-state index in [0.29, 0.717) is 0 Å². The van der Waals surface area contributed by atoms with Crippen LogP contribution < -0.4 is 5.73 Å². The van der Waals surface area contributed by atoms with Crippen LogP contribution in [0.1, 0.15) is 24.8 Å². The van der Waals surface area contributed by atoms with Crippen molar-refractivity contribution in [3.63, 3.8) is 0 Å². The lowest BCUT2D eigenvalue weighted by Crippen LogP contribution is -2.42. The van der Waals surface area contributed by atoms with Crippen molar-refractivity contribution in [2.24, 2.45) is 0 Å². The summed E-state index contributed by atoms with van der Waals surface area (Å²) >= 11 is 0. The molecular weight excluding hydrogens is 234 g/mol. The van der Waals surface area contributed by atoms with Crippen LogP contribution in [0.25, 0.3) is 0 Å². The third-order valence-electron chi connectivity index (χ3n) is 4.21. The number of nitrogens with zero attached hydrogens (tertiary/aromatic N) is 2. The molecule has 0 aliphatic carbocycles. The minimum Gasteiger partial charge on any atom is -0.399 e. The number of nitrogen functional groups attached to an aromatic ring is 1. The van der Waals surface area contributed by atoms with E-state index in [1.54, 1.807) is 0 Å². The van der Waals surface area contributed by atoms with Crippen LogP contribution in [-0.4, -0.2) is 49.6 Å². The maximum atomic E-state index is 5.70. The molecule has 1 aliphatic heterocycles. The Morgan fingerprint density at radius 2 is 1.79 bits per heavy atom.